The highest BCUT2D eigenvalue weighted by molar-refractivity contribution is 7.93. The normalized spacial score (nSPS) is 13.4. The molecule has 0 saturated heterocycles. The van der Waals surface area contributed by atoms with E-state index in [0.717, 1.165) is 4.31 Å². The van der Waals surface area contributed by atoms with Gasteiger partial charge in [-0.1, -0.05) is 0 Å². The molecule has 0 amide bonds. The van der Waals surface area contributed by atoms with Gasteiger partial charge in [0.05, 0.1) is 12.3 Å². The van der Waals surface area contributed by atoms with Crippen molar-refractivity contribution in [3.63, 3.8) is 0 Å². The van der Waals surface area contributed by atoms with Crippen molar-refractivity contribution in [3.8, 4) is 0 Å². The van der Waals surface area contributed by atoms with Crippen LogP contribution in [0.2, 0.25) is 0 Å². The van der Waals surface area contributed by atoms with Crippen LogP contribution in [0.1, 0.15) is 13.8 Å². The Hall–Kier alpha value is -1.14. The zero-order valence-electron chi connectivity index (χ0n) is 9.80. The highest BCUT2D eigenvalue weighted by Gasteiger charge is 2.27. The lowest BCUT2D eigenvalue weighted by atomic mass is 10.3. The van der Waals surface area contributed by atoms with Crippen molar-refractivity contribution in [2.45, 2.75) is 19.1 Å². The molecule has 0 heterocycles. The molecule has 0 aliphatic rings. The molecule has 6 heteroatoms. The van der Waals surface area contributed by atoms with Crippen LogP contribution in [0, 0.1) is 5.82 Å². The Morgan fingerprint density at radius 1 is 1.35 bits per heavy atom. The molecule has 1 aromatic carbocycles. The summed E-state index contributed by atoms with van der Waals surface area (Å²) in [5.41, 5.74) is 0.397. The summed E-state index contributed by atoms with van der Waals surface area (Å²) in [6.07, 6.45) is 0. The molecular weight excluding hydrogens is 245 g/mol. The highest BCUT2D eigenvalue weighted by Crippen LogP contribution is 2.20. The zero-order valence-corrected chi connectivity index (χ0v) is 10.6. The Balaban J connectivity index is 3.12. The minimum Gasteiger partial charge on any atom is -0.395 e. The second-order valence-electron chi connectivity index (χ2n) is 3.68. The molecule has 0 aromatic heterocycles. The van der Waals surface area contributed by atoms with Crippen LogP contribution in [0.25, 0.3) is 0 Å². The number of sulfonamides is 1. The van der Waals surface area contributed by atoms with E-state index in [9.17, 15) is 12.8 Å². The number of halogens is 1. The molecule has 0 saturated carbocycles. The van der Waals surface area contributed by atoms with E-state index in [2.05, 4.69) is 0 Å². The van der Waals surface area contributed by atoms with E-state index >= 15 is 0 Å². The number of nitrogens with zero attached hydrogens (tertiary/aromatic N) is 1. The van der Waals surface area contributed by atoms with Gasteiger partial charge in [-0.25, -0.2) is 12.8 Å². The Morgan fingerprint density at radius 2 is 1.88 bits per heavy atom. The highest BCUT2D eigenvalue weighted by atomic mass is 32.2. The molecule has 0 spiro atoms. The minimum absolute atomic E-state index is 0.234. The summed E-state index contributed by atoms with van der Waals surface area (Å²) in [6.45, 7) is 2.91. The maximum Gasteiger partial charge on any atom is 0.240 e. The Morgan fingerprint density at radius 3 is 2.29 bits per heavy atom. The first kappa shape index (κ1) is 13.9. The summed E-state index contributed by atoms with van der Waals surface area (Å²) < 4.78 is 38.0. The van der Waals surface area contributed by atoms with Gasteiger partial charge in [0.15, 0.2) is 0 Å². The van der Waals surface area contributed by atoms with Crippen LogP contribution in [0.4, 0.5) is 10.1 Å². The lowest BCUT2D eigenvalue weighted by Gasteiger charge is -2.25. The molecule has 0 aliphatic carbocycles. The summed E-state index contributed by atoms with van der Waals surface area (Å²) in [5.74, 6) is -0.419. The number of aliphatic hydroxyl groups is 1. The smallest absolute Gasteiger partial charge is 0.240 e. The van der Waals surface area contributed by atoms with Crippen molar-refractivity contribution in [1.82, 2.24) is 0 Å². The summed E-state index contributed by atoms with van der Waals surface area (Å²) >= 11 is 0. The molecule has 96 valence electrons. The molecule has 0 fully saturated rings. The number of hydrogen-bond donors (Lipinski definition) is 1. The van der Waals surface area contributed by atoms with Crippen LogP contribution in [0.5, 0.6) is 0 Å². The Labute approximate surface area is 101 Å². The third-order valence-electron chi connectivity index (χ3n) is 2.47. The van der Waals surface area contributed by atoms with Gasteiger partial charge in [-0.2, -0.15) is 0 Å². The number of hydrogen-bond acceptors (Lipinski definition) is 3. The van der Waals surface area contributed by atoms with Gasteiger partial charge in [0.2, 0.25) is 10.0 Å². The fourth-order valence-electron chi connectivity index (χ4n) is 1.43. The quantitative estimate of drug-likeness (QED) is 0.870. The van der Waals surface area contributed by atoms with E-state index in [1.165, 1.54) is 31.2 Å². The van der Waals surface area contributed by atoms with Crippen molar-refractivity contribution in [3.05, 3.63) is 30.1 Å². The molecule has 1 unspecified atom stereocenters. The standard InChI is InChI=1S/C11H16FNO3S/c1-3-13(17(15,16)9(2)8-14)11-6-4-10(12)5-7-11/h4-7,9,14H,3,8H2,1-2H3. The van der Waals surface area contributed by atoms with Gasteiger partial charge in [0.1, 0.15) is 11.1 Å². The van der Waals surface area contributed by atoms with Gasteiger partial charge in [-0.05, 0) is 38.1 Å². The maximum absolute atomic E-state index is 12.8. The predicted octanol–water partition coefficient (Wildman–Crippen LogP) is 1.36. The Bertz CT molecular complexity index is 458. The van der Waals surface area contributed by atoms with Crippen LogP contribution in [0.3, 0.4) is 0 Å². The van der Waals surface area contributed by atoms with Gasteiger partial charge in [0.25, 0.3) is 0 Å². The van der Waals surface area contributed by atoms with Crippen molar-refractivity contribution >= 4 is 15.7 Å². The molecule has 1 aromatic rings. The minimum atomic E-state index is -3.61. The monoisotopic (exact) mass is 261 g/mol. The average molecular weight is 261 g/mol. The molecule has 0 radical (unpaired) electrons. The topological polar surface area (TPSA) is 57.6 Å². The van der Waals surface area contributed by atoms with Crippen LogP contribution >= 0.6 is 0 Å². The van der Waals surface area contributed by atoms with E-state index < -0.39 is 27.7 Å². The van der Waals surface area contributed by atoms with Crippen molar-refractivity contribution in [2.24, 2.45) is 0 Å². The first-order chi connectivity index (χ1) is 7.93. The molecule has 1 N–H and O–H groups in total. The summed E-state index contributed by atoms with van der Waals surface area (Å²) in [4.78, 5) is 0. The van der Waals surface area contributed by atoms with Crippen LogP contribution in [-0.2, 0) is 10.0 Å². The molecule has 0 aliphatic heterocycles. The van der Waals surface area contributed by atoms with Crippen LogP contribution < -0.4 is 4.31 Å². The van der Waals surface area contributed by atoms with Gasteiger partial charge in [0, 0.05) is 6.54 Å². The second-order valence-corrected chi connectivity index (χ2v) is 5.95. The van der Waals surface area contributed by atoms with E-state index in [4.69, 9.17) is 5.11 Å². The van der Waals surface area contributed by atoms with Gasteiger partial charge in [-0.3, -0.25) is 4.31 Å². The molecule has 4 nitrogen and oxygen atoms in total. The van der Waals surface area contributed by atoms with Crippen molar-refractivity contribution in [2.75, 3.05) is 17.5 Å². The van der Waals surface area contributed by atoms with Crippen molar-refractivity contribution in [1.29, 1.82) is 0 Å². The van der Waals surface area contributed by atoms with Gasteiger partial charge < -0.3 is 5.11 Å². The fourth-order valence-corrected chi connectivity index (χ4v) is 2.83. The second kappa shape index (κ2) is 5.46. The van der Waals surface area contributed by atoms with E-state index in [-0.39, 0.29) is 6.54 Å². The van der Waals surface area contributed by atoms with Crippen molar-refractivity contribution < 1.29 is 17.9 Å². The number of benzene rings is 1. The number of aliphatic hydroxyl groups excluding tert-OH is 1. The molecular formula is C11H16FNO3S. The van der Waals surface area contributed by atoms with Crippen LogP contribution in [-0.4, -0.2) is 31.9 Å². The molecule has 17 heavy (non-hydrogen) atoms. The third kappa shape index (κ3) is 2.95. The lowest BCUT2D eigenvalue weighted by Crippen LogP contribution is -2.39. The third-order valence-corrected chi connectivity index (χ3v) is 4.72. The first-order valence-corrected chi connectivity index (χ1v) is 6.81. The molecule has 0 bridgehead atoms. The van der Waals surface area contributed by atoms with E-state index in [1.807, 2.05) is 0 Å². The Kier molecular flexibility index (Phi) is 4.47. The fraction of sp³-hybridized carbons (Fsp3) is 0.455. The van der Waals surface area contributed by atoms with E-state index in [1.54, 1.807) is 6.92 Å². The van der Waals surface area contributed by atoms with Gasteiger partial charge >= 0.3 is 0 Å². The summed E-state index contributed by atoms with van der Waals surface area (Å²) in [6, 6.07) is 5.22. The SMILES string of the molecule is CCN(c1ccc(F)cc1)S(=O)(=O)C(C)CO. The zero-order chi connectivity index (χ0) is 13.1. The first-order valence-electron chi connectivity index (χ1n) is 5.31. The number of anilines is 1. The van der Waals surface area contributed by atoms with Gasteiger partial charge in [-0.15, -0.1) is 0 Å². The van der Waals surface area contributed by atoms with E-state index in [0.29, 0.717) is 5.69 Å². The maximum atomic E-state index is 12.8. The van der Waals surface area contributed by atoms with Crippen LogP contribution in [0.15, 0.2) is 24.3 Å². The number of rotatable bonds is 5. The summed E-state index contributed by atoms with van der Waals surface area (Å²) in [7, 11) is -3.61. The lowest BCUT2D eigenvalue weighted by molar-refractivity contribution is 0.295. The molecule has 1 atom stereocenters. The molecule has 1 rings (SSSR count). The predicted molar refractivity (Wildman–Crippen MR) is 64.9 cm³/mol. The average Bonchev–Trinajstić information content (AvgIpc) is 2.31. The summed E-state index contributed by atoms with van der Waals surface area (Å²) in [5, 5.41) is 8.06. The largest absolute Gasteiger partial charge is 0.395 e.